The number of para-hydroxylation sites is 2. The van der Waals surface area contributed by atoms with Crippen molar-refractivity contribution >= 4 is 33.9 Å². The van der Waals surface area contributed by atoms with Gasteiger partial charge in [0.25, 0.3) is 5.91 Å². The number of amides is 1. The molecule has 2 aromatic heterocycles. The normalized spacial score (nSPS) is 12.4. The highest BCUT2D eigenvalue weighted by Crippen LogP contribution is 2.37. The van der Waals surface area contributed by atoms with E-state index < -0.39 is 0 Å². The Labute approximate surface area is 191 Å². The van der Waals surface area contributed by atoms with Crippen LogP contribution in [0, 0.1) is 0 Å². The number of benzene rings is 3. The number of nitrogens with zero attached hydrogens (tertiary/aromatic N) is 2. The molecule has 5 nitrogen and oxygen atoms in total. The van der Waals surface area contributed by atoms with Crippen molar-refractivity contribution < 1.29 is 4.79 Å². The van der Waals surface area contributed by atoms with Gasteiger partial charge in [-0.2, -0.15) is 0 Å². The largest absolute Gasteiger partial charge is 0.353 e. The van der Waals surface area contributed by atoms with Crippen LogP contribution in [0.4, 0.5) is 17.1 Å². The molecule has 0 unspecified atom stereocenters. The average molecular weight is 431 g/mol. The fourth-order valence-corrected chi connectivity index (χ4v) is 4.50. The van der Waals surface area contributed by atoms with Gasteiger partial charge in [-0.1, -0.05) is 48.5 Å². The molecule has 1 aliphatic heterocycles. The number of anilines is 3. The summed E-state index contributed by atoms with van der Waals surface area (Å²) in [6, 6.07) is 26.3. The number of carbonyl (C=O) groups excluding carboxylic acids is 1. The van der Waals surface area contributed by atoms with Gasteiger partial charge < -0.3 is 15.2 Å². The second-order valence-corrected chi connectivity index (χ2v) is 8.25. The highest BCUT2D eigenvalue weighted by molar-refractivity contribution is 6.12. The molecule has 2 N–H and O–H groups in total. The number of fused-ring (bicyclic) bond motifs is 3. The smallest absolute Gasteiger partial charge is 0.257 e. The maximum Gasteiger partial charge on any atom is 0.257 e. The zero-order valence-corrected chi connectivity index (χ0v) is 18.0. The summed E-state index contributed by atoms with van der Waals surface area (Å²) in [6.07, 6.45) is 6.90. The highest BCUT2D eigenvalue weighted by Gasteiger charge is 2.20. The third-order valence-corrected chi connectivity index (χ3v) is 6.19. The number of aryl methyl sites for hydroxylation is 2. The third-order valence-electron chi connectivity index (χ3n) is 6.19. The molecule has 33 heavy (non-hydrogen) atoms. The molecule has 0 saturated carbocycles. The van der Waals surface area contributed by atoms with Crippen molar-refractivity contribution in [1.82, 2.24) is 9.55 Å². The van der Waals surface area contributed by atoms with Crippen molar-refractivity contribution in [2.75, 3.05) is 10.6 Å². The molecule has 3 heterocycles. The molecule has 0 bridgehead atoms. The molecule has 0 atom stereocenters. The molecule has 6 rings (SSSR count). The molecule has 160 valence electrons. The van der Waals surface area contributed by atoms with Gasteiger partial charge in [-0.3, -0.25) is 9.78 Å². The Morgan fingerprint density at radius 1 is 0.788 bits per heavy atom. The fraction of sp³-hybridized carbons (Fsp3) is 0.0714. The molecule has 5 heteroatoms. The zero-order chi connectivity index (χ0) is 22.2. The van der Waals surface area contributed by atoms with Crippen LogP contribution in [0.15, 0.2) is 97.5 Å². The molecule has 1 aliphatic rings. The minimum Gasteiger partial charge on any atom is -0.353 e. The summed E-state index contributed by atoms with van der Waals surface area (Å²) in [6.45, 7) is 0.866. The average Bonchev–Trinajstić information content (AvgIpc) is 3.16. The lowest BCUT2D eigenvalue weighted by molar-refractivity contribution is 0.102. The summed E-state index contributed by atoms with van der Waals surface area (Å²) in [5, 5.41) is 7.58. The van der Waals surface area contributed by atoms with E-state index >= 15 is 0 Å². The molecule has 1 amide bonds. The van der Waals surface area contributed by atoms with E-state index in [2.05, 4.69) is 62.8 Å². The minimum absolute atomic E-state index is 0.108. The Bertz CT molecular complexity index is 1490. The van der Waals surface area contributed by atoms with Crippen LogP contribution in [0.5, 0.6) is 0 Å². The van der Waals surface area contributed by atoms with Gasteiger partial charge in [-0.15, -0.1) is 0 Å². The van der Waals surface area contributed by atoms with Gasteiger partial charge in [-0.05, 0) is 47.9 Å². The molecular weight excluding hydrogens is 408 g/mol. The summed E-state index contributed by atoms with van der Waals surface area (Å²) in [5.41, 5.74) is 7.70. The lowest BCUT2D eigenvalue weighted by atomic mass is 10.0. The molecule has 5 aromatic rings. The standard InChI is InChI=1S/C28H22N4O/c33-28-22-11-10-20(16-26(22)30-24-8-4-5-9-25(24)31-28)23-18-32(27-17-29-14-12-21(23)27)15-13-19-6-2-1-3-7-19/h1-12,14,16-18,30H,13,15H2,(H,31,33). The second kappa shape index (κ2) is 7.95. The number of carbonyl (C=O) groups is 1. The first kappa shape index (κ1) is 19.3. The van der Waals surface area contributed by atoms with Crippen LogP contribution in [-0.2, 0) is 13.0 Å². The topological polar surface area (TPSA) is 59.0 Å². The number of pyridine rings is 1. The minimum atomic E-state index is -0.108. The Hall–Kier alpha value is -4.38. The third kappa shape index (κ3) is 3.53. The predicted octanol–water partition coefficient (Wildman–Crippen LogP) is 6.26. The van der Waals surface area contributed by atoms with Crippen LogP contribution in [0.25, 0.3) is 22.0 Å². The number of nitrogens with one attached hydrogen (secondary N) is 2. The van der Waals surface area contributed by atoms with Crippen LogP contribution in [0.2, 0.25) is 0 Å². The number of aromatic nitrogens is 2. The van der Waals surface area contributed by atoms with Crippen molar-refractivity contribution in [3.05, 3.63) is 109 Å². The first-order valence-corrected chi connectivity index (χ1v) is 11.0. The number of hydrogen-bond acceptors (Lipinski definition) is 3. The first-order valence-electron chi connectivity index (χ1n) is 11.0. The van der Waals surface area contributed by atoms with Crippen molar-refractivity contribution in [2.24, 2.45) is 0 Å². The van der Waals surface area contributed by atoms with Crippen LogP contribution in [0.3, 0.4) is 0 Å². The molecule has 0 fully saturated rings. The van der Waals surface area contributed by atoms with Crippen LogP contribution in [-0.4, -0.2) is 15.5 Å². The van der Waals surface area contributed by atoms with Crippen molar-refractivity contribution in [2.45, 2.75) is 13.0 Å². The Morgan fingerprint density at radius 2 is 1.58 bits per heavy atom. The van der Waals surface area contributed by atoms with Gasteiger partial charge in [0.1, 0.15) is 0 Å². The Balaban J connectivity index is 1.41. The van der Waals surface area contributed by atoms with Gasteiger partial charge in [0.15, 0.2) is 0 Å². The van der Waals surface area contributed by atoms with E-state index in [1.807, 2.05) is 54.9 Å². The molecule has 0 radical (unpaired) electrons. The molecule has 3 aromatic carbocycles. The van der Waals surface area contributed by atoms with E-state index in [1.54, 1.807) is 0 Å². The highest BCUT2D eigenvalue weighted by atomic mass is 16.1. The van der Waals surface area contributed by atoms with E-state index in [1.165, 1.54) is 5.56 Å². The second-order valence-electron chi connectivity index (χ2n) is 8.25. The van der Waals surface area contributed by atoms with Crippen LogP contribution in [0.1, 0.15) is 15.9 Å². The molecule has 0 spiro atoms. The van der Waals surface area contributed by atoms with Gasteiger partial charge >= 0.3 is 0 Å². The molecule has 0 saturated heterocycles. The summed E-state index contributed by atoms with van der Waals surface area (Å²) in [5.74, 6) is -0.108. The van der Waals surface area contributed by atoms with Gasteiger partial charge in [0, 0.05) is 29.9 Å². The quantitative estimate of drug-likeness (QED) is 0.354. The van der Waals surface area contributed by atoms with Gasteiger partial charge in [0.05, 0.1) is 34.3 Å². The van der Waals surface area contributed by atoms with E-state index in [0.29, 0.717) is 5.56 Å². The van der Waals surface area contributed by atoms with Crippen molar-refractivity contribution in [3.8, 4) is 11.1 Å². The Morgan fingerprint density at radius 3 is 2.42 bits per heavy atom. The van der Waals surface area contributed by atoms with E-state index in [9.17, 15) is 4.79 Å². The summed E-state index contributed by atoms with van der Waals surface area (Å²) in [7, 11) is 0. The summed E-state index contributed by atoms with van der Waals surface area (Å²) in [4.78, 5) is 17.2. The monoisotopic (exact) mass is 430 g/mol. The van der Waals surface area contributed by atoms with Crippen LogP contribution >= 0.6 is 0 Å². The lowest BCUT2D eigenvalue weighted by Crippen LogP contribution is -2.10. The fourth-order valence-electron chi connectivity index (χ4n) is 4.50. The predicted molar refractivity (Wildman–Crippen MR) is 133 cm³/mol. The molecule has 0 aliphatic carbocycles. The van der Waals surface area contributed by atoms with Gasteiger partial charge in [0.2, 0.25) is 0 Å². The first-order chi connectivity index (χ1) is 16.3. The lowest BCUT2D eigenvalue weighted by Gasteiger charge is -2.10. The number of rotatable bonds is 4. The Kier molecular flexibility index (Phi) is 4.65. The number of hydrogen-bond donors (Lipinski definition) is 2. The summed E-state index contributed by atoms with van der Waals surface area (Å²) >= 11 is 0. The van der Waals surface area contributed by atoms with E-state index in [-0.39, 0.29) is 5.91 Å². The van der Waals surface area contributed by atoms with E-state index in [0.717, 1.165) is 52.1 Å². The zero-order valence-electron chi connectivity index (χ0n) is 18.0. The van der Waals surface area contributed by atoms with Crippen molar-refractivity contribution in [3.63, 3.8) is 0 Å². The van der Waals surface area contributed by atoms with Gasteiger partial charge in [-0.25, -0.2) is 0 Å². The maximum atomic E-state index is 12.8. The SMILES string of the molecule is O=C1Nc2ccccc2Nc2cc(-c3cn(CCc4ccccc4)c4cnccc34)ccc21. The van der Waals surface area contributed by atoms with Crippen molar-refractivity contribution in [1.29, 1.82) is 0 Å². The molecular formula is C28H22N4O. The van der Waals surface area contributed by atoms with E-state index in [4.69, 9.17) is 0 Å². The summed E-state index contributed by atoms with van der Waals surface area (Å²) < 4.78 is 2.27. The van der Waals surface area contributed by atoms with Crippen LogP contribution < -0.4 is 10.6 Å². The maximum absolute atomic E-state index is 12.8.